The SMILES string of the molecule is C[C@@H](CC(=O)c1ccc(/C(F)=C/C(c2cc(Cl)c(Cl)c(Cl)c2)C(F)(F)F)cc1I)C(=O)NCC(F)(F)F. The Bertz CT molecular complexity index is 1190. The van der Waals surface area contributed by atoms with Gasteiger partial charge in [-0.25, -0.2) is 4.39 Å². The van der Waals surface area contributed by atoms with Crippen LogP contribution in [0.5, 0.6) is 0 Å². The van der Waals surface area contributed by atoms with Crippen molar-refractivity contribution in [2.45, 2.75) is 31.6 Å². The number of rotatable bonds is 8. The van der Waals surface area contributed by atoms with E-state index in [9.17, 15) is 40.3 Å². The molecule has 0 aromatic heterocycles. The maximum atomic E-state index is 14.9. The smallest absolute Gasteiger partial charge is 0.347 e. The number of ketones is 1. The number of alkyl halides is 6. The second kappa shape index (κ2) is 12.5. The Morgan fingerprint density at radius 3 is 2.08 bits per heavy atom. The molecular weight excluding hydrogens is 689 g/mol. The van der Waals surface area contributed by atoms with Crippen LogP contribution in [0.3, 0.4) is 0 Å². The van der Waals surface area contributed by atoms with Crippen LogP contribution in [0.25, 0.3) is 5.83 Å². The van der Waals surface area contributed by atoms with E-state index in [4.69, 9.17) is 34.8 Å². The Balaban J connectivity index is 2.27. The van der Waals surface area contributed by atoms with Crippen LogP contribution in [0.15, 0.2) is 36.4 Å². The molecule has 0 bridgehead atoms. The number of carbonyl (C=O) groups is 2. The summed E-state index contributed by atoms with van der Waals surface area (Å²) in [5, 5.41) is 1.04. The Kier molecular flexibility index (Phi) is 10.7. The van der Waals surface area contributed by atoms with Crippen LogP contribution in [0.2, 0.25) is 15.1 Å². The highest BCUT2D eigenvalue weighted by atomic mass is 127. The van der Waals surface area contributed by atoms with Gasteiger partial charge in [0.2, 0.25) is 5.91 Å². The predicted octanol–water partition coefficient (Wildman–Crippen LogP) is 8.80. The minimum atomic E-state index is -4.91. The highest BCUT2D eigenvalue weighted by Gasteiger charge is 2.40. The number of allylic oxidation sites excluding steroid dienone is 1. The molecule has 0 fully saturated rings. The van der Waals surface area contributed by atoms with Crippen LogP contribution in [-0.2, 0) is 4.79 Å². The first kappa shape index (κ1) is 31.6. The largest absolute Gasteiger partial charge is 0.405 e. The van der Waals surface area contributed by atoms with Crippen LogP contribution in [0, 0.1) is 9.49 Å². The molecule has 3 nitrogen and oxygen atoms in total. The molecule has 2 rings (SSSR count). The number of halogens is 11. The molecule has 0 saturated carbocycles. The van der Waals surface area contributed by atoms with Gasteiger partial charge in [-0.2, -0.15) is 26.3 Å². The molecule has 0 aliphatic rings. The fraction of sp³-hybridized carbons (Fsp3) is 0.304. The van der Waals surface area contributed by atoms with Crippen molar-refractivity contribution in [3.05, 3.63) is 71.7 Å². The summed E-state index contributed by atoms with van der Waals surface area (Å²) < 4.78 is 93.1. The van der Waals surface area contributed by atoms with Crippen molar-refractivity contribution in [3.63, 3.8) is 0 Å². The average molecular weight is 705 g/mol. The molecule has 2 atom stereocenters. The molecule has 0 radical (unpaired) electrons. The molecule has 202 valence electrons. The Morgan fingerprint density at radius 2 is 1.59 bits per heavy atom. The van der Waals surface area contributed by atoms with Gasteiger partial charge in [0.1, 0.15) is 18.3 Å². The molecule has 0 aliphatic heterocycles. The van der Waals surface area contributed by atoms with Crippen molar-refractivity contribution in [2.24, 2.45) is 5.92 Å². The Hall–Kier alpha value is -1.57. The van der Waals surface area contributed by atoms with E-state index in [1.807, 2.05) is 0 Å². The van der Waals surface area contributed by atoms with E-state index >= 15 is 0 Å². The fourth-order valence-corrected chi connectivity index (χ4v) is 4.54. The van der Waals surface area contributed by atoms with E-state index in [1.165, 1.54) is 6.92 Å². The third-order valence-corrected chi connectivity index (χ3v) is 7.07. The summed E-state index contributed by atoms with van der Waals surface area (Å²) in [6.45, 7) is -0.282. The summed E-state index contributed by atoms with van der Waals surface area (Å²) in [7, 11) is 0. The van der Waals surface area contributed by atoms with Gasteiger partial charge in [-0.15, -0.1) is 0 Å². The first-order chi connectivity index (χ1) is 16.9. The maximum absolute atomic E-state index is 14.9. The highest BCUT2D eigenvalue weighted by Crippen LogP contribution is 2.42. The van der Waals surface area contributed by atoms with Crippen LogP contribution < -0.4 is 5.32 Å². The van der Waals surface area contributed by atoms with Gasteiger partial charge in [-0.05, 0) is 58.5 Å². The van der Waals surface area contributed by atoms with Crippen LogP contribution in [0.1, 0.15) is 40.7 Å². The van der Waals surface area contributed by atoms with Crippen molar-refractivity contribution in [1.82, 2.24) is 5.32 Å². The van der Waals surface area contributed by atoms with Gasteiger partial charge in [-0.3, -0.25) is 9.59 Å². The molecular formula is C23H16Cl3F7INO2. The first-order valence-electron chi connectivity index (χ1n) is 10.2. The summed E-state index contributed by atoms with van der Waals surface area (Å²) in [6, 6.07) is 5.21. The number of Topliss-reactive ketones (excluding diaryl/α,β-unsaturated/α-hetero) is 1. The zero-order chi connectivity index (χ0) is 28.3. The third-order valence-electron chi connectivity index (χ3n) is 4.98. The van der Waals surface area contributed by atoms with E-state index in [0.717, 1.165) is 30.3 Å². The number of amides is 1. The molecule has 37 heavy (non-hydrogen) atoms. The normalized spacial score (nSPS) is 14.3. The lowest BCUT2D eigenvalue weighted by molar-refractivity contribution is -0.140. The highest BCUT2D eigenvalue weighted by molar-refractivity contribution is 14.1. The molecule has 1 amide bonds. The molecule has 1 N–H and O–H groups in total. The fourth-order valence-electron chi connectivity index (χ4n) is 3.11. The molecule has 0 heterocycles. The Labute approximate surface area is 235 Å². The molecule has 0 saturated heterocycles. The summed E-state index contributed by atoms with van der Waals surface area (Å²) >= 11 is 19.1. The van der Waals surface area contributed by atoms with Gasteiger partial charge in [0.05, 0.1) is 15.1 Å². The van der Waals surface area contributed by atoms with Gasteiger partial charge in [-0.1, -0.05) is 47.8 Å². The second-order valence-electron chi connectivity index (χ2n) is 7.89. The quantitative estimate of drug-likeness (QED) is 0.129. The number of carbonyl (C=O) groups excluding carboxylic acids is 2. The molecule has 14 heteroatoms. The molecule has 2 aromatic carbocycles. The van der Waals surface area contributed by atoms with Gasteiger partial charge in [0, 0.05) is 27.0 Å². The van der Waals surface area contributed by atoms with E-state index in [2.05, 4.69) is 0 Å². The van der Waals surface area contributed by atoms with Crippen molar-refractivity contribution >= 4 is 74.9 Å². The topological polar surface area (TPSA) is 46.2 Å². The van der Waals surface area contributed by atoms with Crippen molar-refractivity contribution in [2.75, 3.05) is 6.54 Å². The number of hydrogen-bond donors (Lipinski definition) is 1. The molecule has 0 aliphatic carbocycles. The van der Waals surface area contributed by atoms with Gasteiger partial charge in [0.25, 0.3) is 0 Å². The van der Waals surface area contributed by atoms with Gasteiger partial charge >= 0.3 is 12.4 Å². The van der Waals surface area contributed by atoms with Crippen LogP contribution in [0.4, 0.5) is 30.7 Å². The van der Waals surface area contributed by atoms with Crippen molar-refractivity contribution in [3.8, 4) is 0 Å². The lowest BCUT2D eigenvalue weighted by Gasteiger charge is -2.19. The minimum Gasteiger partial charge on any atom is -0.347 e. The van der Waals surface area contributed by atoms with E-state index in [0.29, 0.717) is 6.08 Å². The van der Waals surface area contributed by atoms with E-state index < -0.39 is 60.2 Å². The van der Waals surface area contributed by atoms with Gasteiger partial charge < -0.3 is 5.32 Å². The molecule has 2 aromatic rings. The van der Waals surface area contributed by atoms with Crippen LogP contribution in [-0.4, -0.2) is 30.6 Å². The summed E-state index contributed by atoms with van der Waals surface area (Å²) in [6.07, 6.45) is -9.63. The molecule has 0 spiro atoms. The summed E-state index contributed by atoms with van der Waals surface area (Å²) in [4.78, 5) is 24.4. The number of benzene rings is 2. The summed E-state index contributed by atoms with van der Waals surface area (Å²) in [5.41, 5.74) is -0.685. The average Bonchev–Trinajstić information content (AvgIpc) is 2.77. The number of nitrogens with one attached hydrogen (secondary N) is 1. The zero-order valence-corrected chi connectivity index (χ0v) is 22.9. The molecule has 1 unspecified atom stereocenters. The third kappa shape index (κ3) is 9.00. The summed E-state index contributed by atoms with van der Waals surface area (Å²) in [5.74, 6) is -6.36. The lowest BCUT2D eigenvalue weighted by Crippen LogP contribution is -2.37. The minimum absolute atomic E-state index is 0.0243. The Morgan fingerprint density at radius 1 is 1.03 bits per heavy atom. The van der Waals surface area contributed by atoms with Crippen LogP contribution >= 0.6 is 57.4 Å². The van der Waals surface area contributed by atoms with E-state index in [1.54, 1.807) is 27.9 Å². The second-order valence-corrected chi connectivity index (χ2v) is 10.2. The van der Waals surface area contributed by atoms with E-state index in [-0.39, 0.29) is 29.8 Å². The monoisotopic (exact) mass is 703 g/mol. The van der Waals surface area contributed by atoms with Gasteiger partial charge in [0.15, 0.2) is 5.78 Å². The number of hydrogen-bond acceptors (Lipinski definition) is 2. The zero-order valence-electron chi connectivity index (χ0n) is 18.5. The first-order valence-corrected chi connectivity index (χ1v) is 12.4. The van der Waals surface area contributed by atoms with Crippen molar-refractivity contribution < 1.29 is 40.3 Å². The van der Waals surface area contributed by atoms with Crippen molar-refractivity contribution in [1.29, 1.82) is 0 Å². The standard InChI is InChI=1S/C23H16Cl3F7INO2/c1-10(21(37)35-9-22(28,29)30)4-19(36)13-3-2-11(7-18(13)34)17(27)8-14(23(31,32)33)12-5-15(24)20(26)16(25)6-12/h2-3,5-8,10,14H,4,9H2,1H3,(H,35,37)/b17-8-/t10-,14?/m0/s1. The maximum Gasteiger partial charge on any atom is 0.405 e. The lowest BCUT2D eigenvalue weighted by atomic mass is 9.95. The predicted molar refractivity (Wildman–Crippen MR) is 136 cm³/mol.